The van der Waals surface area contributed by atoms with Gasteiger partial charge in [-0.15, -0.1) is 0 Å². The van der Waals surface area contributed by atoms with Crippen molar-refractivity contribution in [1.82, 2.24) is 9.55 Å². The first-order valence-corrected chi connectivity index (χ1v) is 18.4. The molecule has 0 bridgehead atoms. The number of rotatable bonds is 4. The van der Waals surface area contributed by atoms with Crippen LogP contribution in [-0.4, -0.2) is 9.55 Å². The summed E-state index contributed by atoms with van der Waals surface area (Å²) in [6.45, 7) is 4.00. The van der Waals surface area contributed by atoms with Crippen molar-refractivity contribution in [2.45, 2.75) is 13.8 Å². The van der Waals surface area contributed by atoms with Gasteiger partial charge >= 0.3 is 0 Å². The largest absolute Gasteiger partial charge is 0.456 e. The standard InChI is InChI=1S/C48H30N2O.C2H6.H2/c1-4-19-44-37(14-1)38-15-2-5-20-45(38)50(44)35-23-24-43-41(29-35)40-18-9-17-36(48(40)49-43)34-13-8-12-32(27-34)30-10-7-11-31(26-30)33-22-25-47-42(28-33)39-16-3-6-21-46(39)51-47;1-2;/h1-29,49H;1-2H3;1H. The van der Waals surface area contributed by atoms with Crippen molar-refractivity contribution in [1.29, 1.82) is 0 Å². The van der Waals surface area contributed by atoms with E-state index in [-0.39, 0.29) is 1.43 Å². The van der Waals surface area contributed by atoms with Gasteiger partial charge in [-0.1, -0.05) is 129 Å². The van der Waals surface area contributed by atoms with E-state index in [9.17, 15) is 0 Å². The number of benzene rings is 8. The lowest BCUT2D eigenvalue weighted by molar-refractivity contribution is 0.669. The highest BCUT2D eigenvalue weighted by molar-refractivity contribution is 6.14. The lowest BCUT2D eigenvalue weighted by Crippen LogP contribution is -1.93. The molecular weight excluding hydrogens is 645 g/mol. The second-order valence-electron chi connectivity index (χ2n) is 13.4. The van der Waals surface area contributed by atoms with Crippen LogP contribution in [0.2, 0.25) is 0 Å². The molecule has 11 rings (SSSR count). The molecule has 0 atom stereocenters. The predicted molar refractivity (Wildman–Crippen MR) is 227 cm³/mol. The van der Waals surface area contributed by atoms with Gasteiger partial charge in [-0.2, -0.15) is 0 Å². The Balaban J connectivity index is 0.00000126. The van der Waals surface area contributed by atoms with Gasteiger partial charge in [-0.05, 0) is 88.5 Å². The van der Waals surface area contributed by atoms with Gasteiger partial charge in [0.2, 0.25) is 0 Å². The maximum absolute atomic E-state index is 6.09. The minimum Gasteiger partial charge on any atom is -0.456 e. The molecule has 53 heavy (non-hydrogen) atoms. The van der Waals surface area contributed by atoms with Gasteiger partial charge in [-0.3, -0.25) is 0 Å². The number of nitrogens with zero attached hydrogens (tertiary/aromatic N) is 1. The molecule has 0 aliphatic rings. The molecule has 11 aromatic rings. The van der Waals surface area contributed by atoms with Gasteiger partial charge in [0.15, 0.2) is 0 Å². The summed E-state index contributed by atoms with van der Waals surface area (Å²) in [6, 6.07) is 63.3. The molecule has 0 aliphatic carbocycles. The SMILES string of the molecule is CC.[HH].c1cc(-c2cccc(-c3cccc4c3[nH]c3ccc(-n5c6ccccc6c6ccccc65)cc34)c2)cc(-c2ccc3oc4ccccc4c3c2)c1. The van der Waals surface area contributed by atoms with E-state index >= 15 is 0 Å². The normalized spacial score (nSPS) is 11.6. The predicted octanol–water partition coefficient (Wildman–Crippen LogP) is 14.6. The van der Waals surface area contributed by atoms with Gasteiger partial charge in [0.25, 0.3) is 0 Å². The number of para-hydroxylation sites is 4. The molecule has 0 fully saturated rings. The van der Waals surface area contributed by atoms with Crippen LogP contribution in [0.5, 0.6) is 0 Å². The number of H-pyrrole nitrogens is 1. The Morgan fingerprint density at radius 1 is 0.415 bits per heavy atom. The summed E-state index contributed by atoms with van der Waals surface area (Å²) in [6.07, 6.45) is 0. The molecule has 3 heteroatoms. The highest BCUT2D eigenvalue weighted by Gasteiger charge is 2.15. The van der Waals surface area contributed by atoms with Gasteiger partial charge in [0.05, 0.1) is 16.6 Å². The molecule has 8 aromatic carbocycles. The number of nitrogens with one attached hydrogen (secondary N) is 1. The number of hydrogen-bond acceptors (Lipinski definition) is 1. The molecule has 3 heterocycles. The first kappa shape index (κ1) is 30.9. The van der Waals surface area contributed by atoms with Gasteiger partial charge < -0.3 is 14.0 Å². The highest BCUT2D eigenvalue weighted by Crippen LogP contribution is 2.39. The molecule has 0 unspecified atom stereocenters. The number of fused-ring (bicyclic) bond motifs is 9. The summed E-state index contributed by atoms with van der Waals surface area (Å²) in [5, 5.41) is 7.27. The Labute approximate surface area is 308 Å². The van der Waals surface area contributed by atoms with Crippen LogP contribution < -0.4 is 0 Å². The first-order chi connectivity index (χ1) is 26.3. The Hall–Kier alpha value is -6.84. The molecule has 0 amide bonds. The zero-order chi connectivity index (χ0) is 35.5. The fraction of sp³-hybridized carbons (Fsp3) is 0.0400. The summed E-state index contributed by atoms with van der Waals surface area (Å²) in [5.41, 5.74) is 14.8. The van der Waals surface area contributed by atoms with E-state index in [1.54, 1.807) is 0 Å². The molecule has 1 N–H and O–H groups in total. The molecule has 0 spiro atoms. The van der Waals surface area contributed by atoms with E-state index in [2.05, 4.69) is 173 Å². The Morgan fingerprint density at radius 2 is 0.981 bits per heavy atom. The Morgan fingerprint density at radius 3 is 1.72 bits per heavy atom. The number of aromatic amines is 1. The number of aromatic nitrogens is 2. The van der Waals surface area contributed by atoms with E-state index in [4.69, 9.17) is 4.42 Å². The van der Waals surface area contributed by atoms with Crippen molar-refractivity contribution >= 4 is 65.6 Å². The average molecular weight is 683 g/mol. The van der Waals surface area contributed by atoms with E-state index in [0.29, 0.717) is 0 Å². The third-order valence-corrected chi connectivity index (χ3v) is 10.5. The maximum atomic E-state index is 6.09. The molecule has 0 aliphatic heterocycles. The smallest absolute Gasteiger partial charge is 0.135 e. The molecular formula is C50H38N2O. The van der Waals surface area contributed by atoms with Crippen molar-refractivity contribution in [2.75, 3.05) is 0 Å². The Kier molecular flexibility index (Phi) is 7.26. The Bertz CT molecular complexity index is 3110. The monoisotopic (exact) mass is 682 g/mol. The maximum Gasteiger partial charge on any atom is 0.135 e. The third kappa shape index (κ3) is 4.97. The van der Waals surface area contributed by atoms with Crippen LogP contribution >= 0.6 is 0 Å². The summed E-state index contributed by atoms with van der Waals surface area (Å²) in [4.78, 5) is 3.79. The molecule has 0 radical (unpaired) electrons. The minimum absolute atomic E-state index is 0. The quantitative estimate of drug-likeness (QED) is 0.197. The fourth-order valence-corrected chi connectivity index (χ4v) is 8.14. The third-order valence-electron chi connectivity index (χ3n) is 10.5. The first-order valence-electron chi connectivity index (χ1n) is 18.4. The molecule has 3 nitrogen and oxygen atoms in total. The van der Waals surface area contributed by atoms with Crippen LogP contribution in [0.4, 0.5) is 0 Å². The van der Waals surface area contributed by atoms with Crippen molar-refractivity contribution in [3.8, 4) is 39.1 Å². The van der Waals surface area contributed by atoms with Crippen molar-refractivity contribution in [3.05, 3.63) is 176 Å². The zero-order valence-electron chi connectivity index (χ0n) is 29.6. The van der Waals surface area contributed by atoms with E-state index in [1.807, 2.05) is 26.0 Å². The van der Waals surface area contributed by atoms with Gasteiger partial charge in [-0.25, -0.2) is 0 Å². The number of furan rings is 1. The van der Waals surface area contributed by atoms with Crippen LogP contribution in [0.1, 0.15) is 15.3 Å². The molecule has 0 saturated heterocycles. The van der Waals surface area contributed by atoms with Crippen molar-refractivity contribution in [3.63, 3.8) is 0 Å². The van der Waals surface area contributed by atoms with Crippen LogP contribution in [-0.2, 0) is 0 Å². The molecule has 254 valence electrons. The van der Waals surface area contributed by atoms with E-state index < -0.39 is 0 Å². The second-order valence-corrected chi connectivity index (χ2v) is 13.4. The van der Waals surface area contributed by atoms with Crippen molar-refractivity contribution in [2.24, 2.45) is 0 Å². The van der Waals surface area contributed by atoms with Crippen molar-refractivity contribution < 1.29 is 5.84 Å². The highest BCUT2D eigenvalue weighted by atomic mass is 16.3. The van der Waals surface area contributed by atoms with Crippen LogP contribution in [0, 0.1) is 0 Å². The van der Waals surface area contributed by atoms with Crippen LogP contribution in [0.3, 0.4) is 0 Å². The fourth-order valence-electron chi connectivity index (χ4n) is 8.14. The topological polar surface area (TPSA) is 33.9 Å². The van der Waals surface area contributed by atoms with E-state index in [0.717, 1.165) is 38.7 Å². The van der Waals surface area contributed by atoms with Gasteiger partial charge in [0.1, 0.15) is 11.2 Å². The summed E-state index contributed by atoms with van der Waals surface area (Å²) in [5.74, 6) is 0. The summed E-state index contributed by atoms with van der Waals surface area (Å²) >= 11 is 0. The molecule has 3 aromatic heterocycles. The summed E-state index contributed by atoms with van der Waals surface area (Å²) in [7, 11) is 0. The summed E-state index contributed by atoms with van der Waals surface area (Å²) < 4.78 is 8.48. The lowest BCUT2D eigenvalue weighted by atomic mass is 9.95. The van der Waals surface area contributed by atoms with Crippen LogP contribution in [0.25, 0.3) is 105 Å². The average Bonchev–Trinajstić information content (AvgIpc) is 3.91. The van der Waals surface area contributed by atoms with Gasteiger partial charge in [0, 0.05) is 50.5 Å². The van der Waals surface area contributed by atoms with Crippen LogP contribution in [0.15, 0.2) is 180 Å². The molecule has 0 saturated carbocycles. The zero-order valence-corrected chi connectivity index (χ0v) is 29.6. The minimum atomic E-state index is 0. The lowest BCUT2D eigenvalue weighted by Gasteiger charge is -2.10. The second kappa shape index (κ2) is 12.4. The van der Waals surface area contributed by atoms with E-state index in [1.165, 1.54) is 66.0 Å². The number of hydrogen-bond donors (Lipinski definition) is 1.